The van der Waals surface area contributed by atoms with E-state index in [0.29, 0.717) is 11.2 Å². The second kappa shape index (κ2) is 11.3. The monoisotopic (exact) mass is 530 g/mol. The van der Waals surface area contributed by atoms with Crippen molar-refractivity contribution in [1.29, 1.82) is 0 Å². The van der Waals surface area contributed by atoms with Crippen LogP contribution in [0.1, 0.15) is 23.4 Å². The summed E-state index contributed by atoms with van der Waals surface area (Å²) in [5.74, 6) is 0.542. The standard InChI is InChI=1S/C29H34N6O2S/c1-20-31-26(19-38-20)25-18-22-6-10-30-29(36)27(22)28(33-25)32-23-4-2-21(3-5-23)7-11-34-12-8-24(9-13-34)35-14-16-37-17-15-35/h2-6,10,18-19,24H,7-9,11-17H2,1H3,(H,30,36)(H,32,33). The van der Waals surface area contributed by atoms with E-state index < -0.39 is 0 Å². The van der Waals surface area contributed by atoms with Crippen molar-refractivity contribution >= 4 is 33.6 Å². The summed E-state index contributed by atoms with van der Waals surface area (Å²) in [6.07, 6.45) is 5.21. The van der Waals surface area contributed by atoms with Gasteiger partial charge in [0.2, 0.25) is 0 Å². The first kappa shape index (κ1) is 25.2. The van der Waals surface area contributed by atoms with Crippen molar-refractivity contribution in [2.24, 2.45) is 0 Å². The average Bonchev–Trinajstić information content (AvgIpc) is 3.39. The number of benzene rings is 1. The molecular formula is C29H34N6O2S. The van der Waals surface area contributed by atoms with Crippen LogP contribution in [0.3, 0.4) is 0 Å². The first-order chi connectivity index (χ1) is 18.6. The maximum absolute atomic E-state index is 12.7. The topological polar surface area (TPSA) is 86.4 Å². The van der Waals surface area contributed by atoms with Crippen molar-refractivity contribution in [2.75, 3.05) is 51.3 Å². The molecule has 0 unspecified atom stereocenters. The van der Waals surface area contributed by atoms with Crippen LogP contribution in [-0.2, 0) is 11.2 Å². The first-order valence-electron chi connectivity index (χ1n) is 13.5. The van der Waals surface area contributed by atoms with Crippen LogP contribution in [0.2, 0.25) is 0 Å². The second-order valence-electron chi connectivity index (χ2n) is 10.2. The predicted molar refractivity (Wildman–Crippen MR) is 153 cm³/mol. The summed E-state index contributed by atoms with van der Waals surface area (Å²) < 4.78 is 5.51. The molecule has 0 atom stereocenters. The maximum Gasteiger partial charge on any atom is 0.259 e. The fourth-order valence-corrected chi connectivity index (χ4v) is 6.15. The third-order valence-corrected chi connectivity index (χ3v) is 8.46. The normalized spacial score (nSPS) is 17.7. The van der Waals surface area contributed by atoms with E-state index in [1.807, 2.05) is 24.4 Å². The molecule has 0 aliphatic carbocycles. The minimum Gasteiger partial charge on any atom is -0.379 e. The number of aromatic amines is 1. The first-order valence-corrected chi connectivity index (χ1v) is 14.4. The average molecular weight is 531 g/mol. The number of fused-ring (bicyclic) bond motifs is 1. The van der Waals surface area contributed by atoms with Gasteiger partial charge in [-0.2, -0.15) is 0 Å². The molecule has 2 aliphatic rings. The zero-order chi connectivity index (χ0) is 25.9. The minimum atomic E-state index is -0.160. The summed E-state index contributed by atoms with van der Waals surface area (Å²) in [6, 6.07) is 13.0. The fraction of sp³-hybridized carbons (Fsp3) is 0.414. The van der Waals surface area contributed by atoms with Crippen LogP contribution < -0.4 is 10.9 Å². The van der Waals surface area contributed by atoms with Gasteiger partial charge in [0.15, 0.2) is 0 Å². The van der Waals surface area contributed by atoms with Crippen molar-refractivity contribution < 1.29 is 4.74 Å². The summed E-state index contributed by atoms with van der Waals surface area (Å²) in [4.78, 5) is 30.1. The van der Waals surface area contributed by atoms with Crippen LogP contribution in [0.4, 0.5) is 11.5 Å². The number of ether oxygens (including phenoxy) is 1. The summed E-state index contributed by atoms with van der Waals surface area (Å²) in [7, 11) is 0. The molecule has 2 saturated heterocycles. The highest BCUT2D eigenvalue weighted by molar-refractivity contribution is 7.09. The van der Waals surface area contributed by atoms with E-state index in [-0.39, 0.29) is 5.56 Å². The third kappa shape index (κ3) is 5.66. The molecule has 0 bridgehead atoms. The molecular weight excluding hydrogens is 496 g/mol. The van der Waals surface area contributed by atoms with Gasteiger partial charge < -0.3 is 19.9 Å². The Morgan fingerprint density at radius 3 is 2.58 bits per heavy atom. The van der Waals surface area contributed by atoms with E-state index in [0.717, 1.165) is 72.8 Å². The van der Waals surface area contributed by atoms with Crippen LogP contribution >= 0.6 is 11.3 Å². The van der Waals surface area contributed by atoms with E-state index in [4.69, 9.17) is 9.72 Å². The Labute approximate surface area is 226 Å². The minimum absolute atomic E-state index is 0.160. The Kier molecular flexibility index (Phi) is 7.51. The Hall–Kier alpha value is -3.11. The number of aryl methyl sites for hydroxylation is 1. The van der Waals surface area contributed by atoms with Gasteiger partial charge in [-0.25, -0.2) is 9.97 Å². The van der Waals surface area contributed by atoms with Crippen LogP contribution in [0.15, 0.2) is 52.8 Å². The van der Waals surface area contributed by atoms with Crippen LogP contribution in [0, 0.1) is 6.92 Å². The highest BCUT2D eigenvalue weighted by atomic mass is 32.1. The summed E-state index contributed by atoms with van der Waals surface area (Å²) in [6.45, 7) is 9.33. The molecule has 4 aromatic rings. The van der Waals surface area contributed by atoms with Crippen molar-refractivity contribution in [2.45, 2.75) is 32.2 Å². The number of thiazole rings is 1. The molecule has 2 N–H and O–H groups in total. The SMILES string of the molecule is Cc1nc(-c2cc3cc[nH]c(=O)c3c(Nc3ccc(CCN4CCC(N5CCOCC5)CC4)cc3)n2)cs1. The summed E-state index contributed by atoms with van der Waals surface area (Å²) in [5.41, 5.74) is 3.63. The van der Waals surface area contributed by atoms with Gasteiger partial charge in [0.25, 0.3) is 5.56 Å². The largest absolute Gasteiger partial charge is 0.379 e. The number of rotatable bonds is 7. The zero-order valence-electron chi connectivity index (χ0n) is 21.8. The van der Waals surface area contributed by atoms with E-state index >= 15 is 0 Å². The molecule has 2 fully saturated rings. The van der Waals surface area contributed by atoms with Gasteiger partial charge in [-0.1, -0.05) is 12.1 Å². The Bertz CT molecular complexity index is 1440. The molecule has 0 saturated carbocycles. The van der Waals surface area contributed by atoms with Crippen molar-refractivity contribution in [3.63, 3.8) is 0 Å². The fourth-order valence-electron chi connectivity index (χ4n) is 5.55. The Morgan fingerprint density at radius 1 is 1.05 bits per heavy atom. The van der Waals surface area contributed by atoms with Crippen LogP contribution in [-0.4, -0.2) is 76.7 Å². The quantitative estimate of drug-likeness (QED) is 0.365. The number of nitrogens with zero attached hydrogens (tertiary/aromatic N) is 4. The number of hydrogen-bond donors (Lipinski definition) is 2. The number of pyridine rings is 2. The number of H-pyrrole nitrogens is 1. The van der Waals surface area contributed by atoms with E-state index in [1.165, 1.54) is 31.5 Å². The van der Waals surface area contributed by atoms with E-state index in [9.17, 15) is 4.79 Å². The van der Waals surface area contributed by atoms with Crippen LogP contribution in [0.5, 0.6) is 0 Å². The van der Waals surface area contributed by atoms with Gasteiger partial charge in [-0.05, 0) is 74.5 Å². The zero-order valence-corrected chi connectivity index (χ0v) is 22.6. The van der Waals surface area contributed by atoms with Gasteiger partial charge in [-0.15, -0.1) is 11.3 Å². The molecule has 5 heterocycles. The second-order valence-corrected chi connectivity index (χ2v) is 11.2. The molecule has 2 aliphatic heterocycles. The number of piperidine rings is 1. The van der Waals surface area contributed by atoms with E-state index in [1.54, 1.807) is 17.5 Å². The number of likely N-dealkylation sites (tertiary alicyclic amines) is 1. The Balaban J connectivity index is 1.10. The number of hydrogen-bond acceptors (Lipinski definition) is 8. The number of anilines is 2. The number of nitrogens with one attached hydrogen (secondary N) is 2. The lowest BCUT2D eigenvalue weighted by molar-refractivity contribution is 0.00101. The highest BCUT2D eigenvalue weighted by Gasteiger charge is 2.25. The molecule has 0 amide bonds. The molecule has 6 rings (SSSR count). The number of morpholine rings is 1. The lowest BCUT2D eigenvalue weighted by Gasteiger charge is -2.40. The van der Waals surface area contributed by atoms with Gasteiger partial charge in [0, 0.05) is 42.9 Å². The van der Waals surface area contributed by atoms with Crippen molar-refractivity contribution in [3.8, 4) is 11.4 Å². The lowest BCUT2D eigenvalue weighted by atomic mass is 10.0. The molecule has 9 heteroatoms. The van der Waals surface area contributed by atoms with Gasteiger partial charge in [0.05, 0.1) is 35.0 Å². The third-order valence-electron chi connectivity index (χ3n) is 7.69. The molecule has 3 aromatic heterocycles. The molecule has 0 spiro atoms. The van der Waals surface area contributed by atoms with Crippen LogP contribution in [0.25, 0.3) is 22.2 Å². The smallest absolute Gasteiger partial charge is 0.259 e. The number of aromatic nitrogens is 3. The van der Waals surface area contributed by atoms with Gasteiger partial charge in [0.1, 0.15) is 5.82 Å². The van der Waals surface area contributed by atoms with Gasteiger partial charge >= 0.3 is 0 Å². The lowest BCUT2D eigenvalue weighted by Crippen LogP contribution is -2.49. The molecule has 8 nitrogen and oxygen atoms in total. The maximum atomic E-state index is 12.7. The molecule has 1 aromatic carbocycles. The summed E-state index contributed by atoms with van der Waals surface area (Å²) >= 11 is 1.59. The highest BCUT2D eigenvalue weighted by Crippen LogP contribution is 2.28. The predicted octanol–water partition coefficient (Wildman–Crippen LogP) is 4.44. The summed E-state index contributed by atoms with van der Waals surface area (Å²) in [5, 5.41) is 7.76. The molecule has 38 heavy (non-hydrogen) atoms. The Morgan fingerprint density at radius 2 is 1.84 bits per heavy atom. The van der Waals surface area contributed by atoms with Crippen molar-refractivity contribution in [1.82, 2.24) is 24.8 Å². The molecule has 198 valence electrons. The van der Waals surface area contributed by atoms with Gasteiger partial charge in [-0.3, -0.25) is 9.69 Å². The van der Waals surface area contributed by atoms with Crippen molar-refractivity contribution in [3.05, 3.63) is 68.9 Å². The van der Waals surface area contributed by atoms with E-state index in [2.05, 4.69) is 49.4 Å². The molecule has 0 radical (unpaired) electrons.